The summed E-state index contributed by atoms with van der Waals surface area (Å²) in [5.41, 5.74) is 2.09. The number of ether oxygens (including phenoxy) is 3. The number of phenolic OH excluding ortho intramolecular Hbond substituents is 1. The lowest BCUT2D eigenvalue weighted by Crippen LogP contribution is -2.49. The second-order valence-corrected chi connectivity index (χ2v) is 11.6. The molecule has 1 N–H and O–H groups in total. The highest BCUT2D eigenvalue weighted by Crippen LogP contribution is 2.38. The molecule has 0 bridgehead atoms. The van der Waals surface area contributed by atoms with Crippen LogP contribution in [0, 0.1) is 17.3 Å². The highest BCUT2D eigenvalue weighted by Gasteiger charge is 2.38. The van der Waals surface area contributed by atoms with Gasteiger partial charge in [-0.15, -0.1) is 0 Å². The third kappa shape index (κ3) is 7.17. The van der Waals surface area contributed by atoms with Crippen molar-refractivity contribution in [2.45, 2.75) is 53.0 Å². The van der Waals surface area contributed by atoms with Crippen LogP contribution in [-0.4, -0.2) is 54.2 Å². The first kappa shape index (κ1) is 29.9. The van der Waals surface area contributed by atoms with Gasteiger partial charge < -0.3 is 24.2 Å². The summed E-state index contributed by atoms with van der Waals surface area (Å²) >= 11 is 0. The van der Waals surface area contributed by atoms with Crippen molar-refractivity contribution in [3.05, 3.63) is 83.1 Å². The minimum atomic E-state index is -0.592. The van der Waals surface area contributed by atoms with E-state index < -0.39 is 17.4 Å². The van der Waals surface area contributed by atoms with Gasteiger partial charge in [-0.05, 0) is 113 Å². The molecular formula is C33H39NO7. The lowest BCUT2D eigenvalue weighted by atomic mass is 9.72. The second kappa shape index (κ2) is 12.6. The average molecular weight is 562 g/mol. The monoisotopic (exact) mass is 561 g/mol. The van der Waals surface area contributed by atoms with Crippen LogP contribution in [0.25, 0.3) is 0 Å². The summed E-state index contributed by atoms with van der Waals surface area (Å²) in [4.78, 5) is 40.4. The molecule has 0 aliphatic heterocycles. The zero-order chi connectivity index (χ0) is 29.7. The molecule has 3 atom stereocenters. The van der Waals surface area contributed by atoms with Crippen molar-refractivity contribution in [1.29, 1.82) is 0 Å². The summed E-state index contributed by atoms with van der Waals surface area (Å²) in [6.07, 6.45) is 8.30. The minimum absolute atomic E-state index is 0.0516. The zero-order valence-electron chi connectivity index (χ0n) is 24.4. The summed E-state index contributed by atoms with van der Waals surface area (Å²) in [5, 5.41) is 9.74. The third-order valence-corrected chi connectivity index (χ3v) is 7.60. The number of hydrogen-bond acceptors (Lipinski definition) is 7. The summed E-state index contributed by atoms with van der Waals surface area (Å²) in [6, 6.07) is 11.3. The lowest BCUT2D eigenvalue weighted by molar-refractivity contribution is -0.144. The molecule has 0 saturated heterocycles. The van der Waals surface area contributed by atoms with Gasteiger partial charge in [-0.2, -0.15) is 0 Å². The Morgan fingerprint density at radius 3 is 2.44 bits per heavy atom. The molecule has 0 saturated carbocycles. The van der Waals surface area contributed by atoms with Crippen molar-refractivity contribution in [3.8, 4) is 11.5 Å². The van der Waals surface area contributed by atoms with Crippen LogP contribution < -0.4 is 4.74 Å². The molecule has 8 heteroatoms. The summed E-state index contributed by atoms with van der Waals surface area (Å²) < 4.78 is 16.4. The number of allylic oxidation sites excluding steroid dienone is 1. The number of esters is 2. The van der Waals surface area contributed by atoms with E-state index in [-0.39, 0.29) is 42.6 Å². The molecular weight excluding hydrogens is 522 g/mol. The third-order valence-electron chi connectivity index (χ3n) is 7.60. The van der Waals surface area contributed by atoms with E-state index in [1.165, 1.54) is 17.7 Å². The minimum Gasteiger partial charge on any atom is -0.508 e. The zero-order valence-corrected chi connectivity index (χ0v) is 24.4. The van der Waals surface area contributed by atoms with Crippen LogP contribution in [0.1, 0.15) is 55.6 Å². The highest BCUT2D eigenvalue weighted by atomic mass is 16.5. The van der Waals surface area contributed by atoms with Gasteiger partial charge >= 0.3 is 11.9 Å². The van der Waals surface area contributed by atoms with Crippen molar-refractivity contribution in [2.24, 2.45) is 17.3 Å². The fraction of sp³-hybridized carbons (Fsp3) is 0.424. The Morgan fingerprint density at radius 1 is 1.05 bits per heavy atom. The number of rotatable bonds is 8. The smallest absolute Gasteiger partial charge is 0.325 e. The molecule has 2 aliphatic carbocycles. The SMILES string of the molecule is CCOC(=O)CN(C(=O)c1ccc(O)cc1)C1C=C(OC)C=CC1[C@@H]1CCc2cc(OC(=O)C(C)(C)C)ccc2C1. The molecule has 2 aromatic rings. The van der Waals surface area contributed by atoms with E-state index in [1.54, 1.807) is 31.1 Å². The van der Waals surface area contributed by atoms with Crippen LogP contribution in [0.3, 0.4) is 0 Å². The standard InChI is InChI=1S/C33H39NO7/c1-6-40-30(36)20-34(31(37)21-9-12-25(35)13-10-21)29-19-26(39-5)15-16-28(29)24-8-7-23-18-27(14-11-22(23)17-24)41-32(38)33(2,3)4/h9-16,18-19,24,28-29,35H,6-8,17,20H2,1-5H3/t24-,28?,29?/m1/s1. The Hall–Kier alpha value is -4.07. The van der Waals surface area contributed by atoms with E-state index in [9.17, 15) is 19.5 Å². The van der Waals surface area contributed by atoms with E-state index in [1.807, 2.05) is 51.1 Å². The molecule has 218 valence electrons. The average Bonchev–Trinajstić information content (AvgIpc) is 2.95. The molecule has 0 heterocycles. The van der Waals surface area contributed by atoms with Crippen LogP contribution in [0.15, 0.2) is 66.5 Å². The fourth-order valence-electron chi connectivity index (χ4n) is 5.36. The van der Waals surface area contributed by atoms with E-state index in [2.05, 4.69) is 6.08 Å². The molecule has 0 radical (unpaired) electrons. The molecule has 2 aromatic carbocycles. The maximum atomic E-state index is 13.8. The molecule has 2 unspecified atom stereocenters. The number of benzene rings is 2. The van der Waals surface area contributed by atoms with Crippen molar-refractivity contribution in [3.63, 3.8) is 0 Å². The van der Waals surface area contributed by atoms with Gasteiger partial charge in [-0.25, -0.2) is 0 Å². The topological polar surface area (TPSA) is 102 Å². The van der Waals surface area contributed by atoms with Gasteiger partial charge in [0.25, 0.3) is 5.91 Å². The molecule has 0 fully saturated rings. The van der Waals surface area contributed by atoms with Crippen LogP contribution in [0.5, 0.6) is 11.5 Å². The van der Waals surface area contributed by atoms with Gasteiger partial charge in [-0.1, -0.05) is 12.1 Å². The Balaban J connectivity index is 1.62. The number of methoxy groups -OCH3 is 1. The van der Waals surface area contributed by atoms with E-state index in [4.69, 9.17) is 14.2 Å². The number of aromatic hydroxyl groups is 1. The second-order valence-electron chi connectivity index (χ2n) is 11.6. The van der Waals surface area contributed by atoms with Crippen molar-refractivity contribution in [2.75, 3.05) is 20.3 Å². The van der Waals surface area contributed by atoms with Gasteiger partial charge in [0.05, 0.1) is 25.2 Å². The first-order valence-electron chi connectivity index (χ1n) is 14.0. The fourth-order valence-corrected chi connectivity index (χ4v) is 5.36. The van der Waals surface area contributed by atoms with Gasteiger partial charge in [0.2, 0.25) is 0 Å². The number of phenols is 1. The highest BCUT2D eigenvalue weighted by molar-refractivity contribution is 5.96. The predicted octanol–water partition coefficient (Wildman–Crippen LogP) is 5.24. The Bertz CT molecular complexity index is 1340. The summed E-state index contributed by atoms with van der Waals surface area (Å²) in [6.45, 7) is 7.20. The van der Waals surface area contributed by atoms with Gasteiger partial charge in [0, 0.05) is 11.5 Å². The van der Waals surface area contributed by atoms with Crippen molar-refractivity contribution in [1.82, 2.24) is 4.90 Å². The number of fused-ring (bicyclic) bond motifs is 1. The normalized spacial score (nSPS) is 19.9. The predicted molar refractivity (Wildman–Crippen MR) is 154 cm³/mol. The quantitative estimate of drug-likeness (QED) is 0.347. The van der Waals surface area contributed by atoms with Crippen molar-refractivity contribution >= 4 is 17.8 Å². The number of nitrogens with zero attached hydrogens (tertiary/aromatic N) is 1. The number of amides is 1. The summed E-state index contributed by atoms with van der Waals surface area (Å²) in [5.74, 6) is 0.195. The molecule has 1 amide bonds. The maximum Gasteiger partial charge on any atom is 0.325 e. The first-order chi connectivity index (χ1) is 19.5. The van der Waals surface area contributed by atoms with Crippen molar-refractivity contribution < 1.29 is 33.7 Å². The Morgan fingerprint density at radius 2 is 1.78 bits per heavy atom. The van der Waals surface area contributed by atoms with E-state index in [0.717, 1.165) is 24.8 Å². The molecule has 41 heavy (non-hydrogen) atoms. The molecule has 0 spiro atoms. The Labute approximate surface area is 241 Å². The van der Waals surface area contributed by atoms with Gasteiger partial charge in [0.15, 0.2) is 0 Å². The van der Waals surface area contributed by atoms with Crippen LogP contribution >= 0.6 is 0 Å². The van der Waals surface area contributed by atoms with Gasteiger partial charge in [-0.3, -0.25) is 14.4 Å². The molecule has 4 rings (SSSR count). The lowest BCUT2D eigenvalue weighted by Gasteiger charge is -2.40. The maximum absolute atomic E-state index is 13.8. The number of carbonyl (C=O) groups is 3. The van der Waals surface area contributed by atoms with E-state index in [0.29, 0.717) is 17.1 Å². The first-order valence-corrected chi connectivity index (χ1v) is 14.0. The number of carbonyl (C=O) groups excluding carboxylic acids is 3. The van der Waals surface area contributed by atoms with Crippen LogP contribution in [0.2, 0.25) is 0 Å². The Kier molecular flexibility index (Phi) is 9.21. The van der Waals surface area contributed by atoms with Gasteiger partial charge in [0.1, 0.15) is 23.8 Å². The molecule has 2 aliphatic rings. The van der Waals surface area contributed by atoms with Crippen LogP contribution in [0.4, 0.5) is 0 Å². The number of hydrogen-bond donors (Lipinski definition) is 1. The van der Waals surface area contributed by atoms with E-state index >= 15 is 0 Å². The molecule has 8 nitrogen and oxygen atoms in total. The molecule has 0 aromatic heterocycles. The summed E-state index contributed by atoms with van der Waals surface area (Å²) in [7, 11) is 1.58. The number of aryl methyl sites for hydroxylation is 1. The van der Waals surface area contributed by atoms with Crippen LogP contribution in [-0.2, 0) is 31.9 Å². The largest absolute Gasteiger partial charge is 0.508 e.